The zero-order valence-electron chi connectivity index (χ0n) is 10.7. The summed E-state index contributed by atoms with van der Waals surface area (Å²) < 4.78 is 1.84. The third-order valence-corrected chi connectivity index (χ3v) is 5.45. The summed E-state index contributed by atoms with van der Waals surface area (Å²) in [7, 11) is 0. The van der Waals surface area contributed by atoms with E-state index in [1.165, 1.54) is 0 Å². The van der Waals surface area contributed by atoms with Gasteiger partial charge in [-0.3, -0.25) is 9.59 Å². The number of rotatable bonds is 1. The van der Waals surface area contributed by atoms with Crippen molar-refractivity contribution in [3.8, 4) is 0 Å². The highest BCUT2D eigenvalue weighted by Gasteiger charge is 2.42. The van der Waals surface area contributed by atoms with E-state index in [-0.39, 0.29) is 23.8 Å². The Morgan fingerprint density at radius 1 is 1.45 bits per heavy atom. The van der Waals surface area contributed by atoms with E-state index in [4.69, 9.17) is 0 Å². The number of carbonyl (C=O) groups excluding carboxylic acids is 2. The molecule has 106 valence electrons. The number of carbonyl (C=O) groups is 2. The van der Waals surface area contributed by atoms with Crippen LogP contribution in [0.5, 0.6) is 0 Å². The first-order valence-electron chi connectivity index (χ1n) is 6.61. The van der Waals surface area contributed by atoms with Crippen LogP contribution in [-0.2, 0) is 4.79 Å². The van der Waals surface area contributed by atoms with Gasteiger partial charge in [0.15, 0.2) is 0 Å². The van der Waals surface area contributed by atoms with Gasteiger partial charge >= 0.3 is 0 Å². The molecule has 0 bridgehead atoms. The first kappa shape index (κ1) is 14.3. The van der Waals surface area contributed by atoms with Gasteiger partial charge in [-0.25, -0.2) is 0 Å². The lowest BCUT2D eigenvalue weighted by Crippen LogP contribution is -2.48. The Kier molecular flexibility index (Phi) is 4.03. The molecule has 2 atom stereocenters. The van der Waals surface area contributed by atoms with Crippen LogP contribution < -0.4 is 5.32 Å². The Hall–Kier alpha value is -0.630. The molecule has 1 aromatic rings. The van der Waals surface area contributed by atoms with Gasteiger partial charge in [0.05, 0.1) is 17.5 Å². The minimum Gasteiger partial charge on any atom is -0.354 e. The second-order valence-electron chi connectivity index (χ2n) is 5.18. The van der Waals surface area contributed by atoms with Crippen molar-refractivity contribution in [1.29, 1.82) is 0 Å². The number of likely N-dealkylation sites (tertiary alicyclic amines) is 1. The van der Waals surface area contributed by atoms with Crippen LogP contribution >= 0.6 is 38.5 Å². The Balaban J connectivity index is 1.90. The van der Waals surface area contributed by atoms with Crippen molar-refractivity contribution in [3.63, 3.8) is 0 Å². The summed E-state index contributed by atoms with van der Waals surface area (Å²) in [6.07, 6.45) is 1.78. The molecule has 2 fully saturated rings. The summed E-state index contributed by atoms with van der Waals surface area (Å²) in [4.78, 5) is 26.4. The predicted molar refractivity (Wildman–Crippen MR) is 87.4 cm³/mol. The number of fused-ring (bicyclic) bond motifs is 1. The van der Waals surface area contributed by atoms with Crippen molar-refractivity contribution in [2.24, 2.45) is 5.92 Å². The SMILES string of the molecule is O=C1NCC2C1CCCN2C(=O)c1cc(Br)ccc1I. The summed E-state index contributed by atoms with van der Waals surface area (Å²) >= 11 is 5.60. The molecular weight excluding hydrogens is 435 g/mol. The van der Waals surface area contributed by atoms with E-state index in [1.54, 1.807) is 0 Å². The Labute approximate surface area is 139 Å². The van der Waals surface area contributed by atoms with Gasteiger partial charge in [0.2, 0.25) is 5.91 Å². The second kappa shape index (κ2) is 5.63. The molecule has 1 aromatic carbocycles. The van der Waals surface area contributed by atoms with E-state index < -0.39 is 0 Å². The van der Waals surface area contributed by atoms with E-state index in [9.17, 15) is 9.59 Å². The monoisotopic (exact) mass is 448 g/mol. The lowest BCUT2D eigenvalue weighted by atomic mass is 9.91. The molecule has 0 radical (unpaired) electrons. The largest absolute Gasteiger partial charge is 0.354 e. The first-order chi connectivity index (χ1) is 9.58. The van der Waals surface area contributed by atoms with Gasteiger partial charge < -0.3 is 10.2 Å². The molecule has 2 saturated heterocycles. The summed E-state index contributed by atoms with van der Waals surface area (Å²) in [5.41, 5.74) is 0.708. The lowest BCUT2D eigenvalue weighted by Gasteiger charge is -2.36. The highest BCUT2D eigenvalue weighted by atomic mass is 127. The number of piperidine rings is 1. The fourth-order valence-electron chi connectivity index (χ4n) is 3.02. The minimum atomic E-state index is -0.0301. The summed E-state index contributed by atoms with van der Waals surface area (Å²) in [5, 5.41) is 2.88. The standard InChI is InChI=1S/C14H14BrIN2O2/c15-8-3-4-11(16)10(6-8)14(20)18-5-1-2-9-12(18)7-17-13(9)19/h3-4,6,9,12H,1-2,5,7H2,(H,17,19). The molecule has 1 N–H and O–H groups in total. The van der Waals surface area contributed by atoms with E-state index in [2.05, 4.69) is 43.8 Å². The fraction of sp³-hybridized carbons (Fsp3) is 0.429. The highest BCUT2D eigenvalue weighted by molar-refractivity contribution is 14.1. The van der Waals surface area contributed by atoms with Gasteiger partial charge in [0, 0.05) is 21.1 Å². The molecule has 2 aliphatic rings. The fourth-order valence-corrected chi connectivity index (χ4v) is 3.95. The number of nitrogens with one attached hydrogen (secondary N) is 1. The van der Waals surface area contributed by atoms with Gasteiger partial charge in [0.25, 0.3) is 5.91 Å². The van der Waals surface area contributed by atoms with Gasteiger partial charge in [0.1, 0.15) is 0 Å². The van der Waals surface area contributed by atoms with Crippen LogP contribution in [-0.4, -0.2) is 35.8 Å². The number of nitrogens with zero attached hydrogens (tertiary/aromatic N) is 1. The first-order valence-corrected chi connectivity index (χ1v) is 8.49. The highest BCUT2D eigenvalue weighted by Crippen LogP contribution is 2.30. The minimum absolute atomic E-state index is 0.0125. The smallest absolute Gasteiger partial charge is 0.255 e. The van der Waals surface area contributed by atoms with E-state index >= 15 is 0 Å². The molecule has 2 heterocycles. The number of benzene rings is 1. The Morgan fingerprint density at radius 2 is 2.25 bits per heavy atom. The number of hydrogen-bond acceptors (Lipinski definition) is 2. The number of amides is 2. The maximum atomic E-state index is 12.8. The average Bonchev–Trinajstić information content (AvgIpc) is 2.83. The maximum Gasteiger partial charge on any atom is 0.255 e. The zero-order valence-corrected chi connectivity index (χ0v) is 14.5. The van der Waals surface area contributed by atoms with Crippen molar-refractivity contribution >= 4 is 50.3 Å². The van der Waals surface area contributed by atoms with Crippen LogP contribution in [0.25, 0.3) is 0 Å². The van der Waals surface area contributed by atoms with Gasteiger partial charge in [-0.05, 0) is 53.6 Å². The van der Waals surface area contributed by atoms with Crippen molar-refractivity contribution < 1.29 is 9.59 Å². The van der Waals surface area contributed by atoms with Crippen molar-refractivity contribution in [2.75, 3.05) is 13.1 Å². The summed E-state index contributed by atoms with van der Waals surface area (Å²) in [6, 6.07) is 5.73. The van der Waals surface area contributed by atoms with Crippen molar-refractivity contribution in [1.82, 2.24) is 10.2 Å². The predicted octanol–water partition coefficient (Wildman–Crippen LogP) is 2.40. The van der Waals surface area contributed by atoms with Crippen LogP contribution in [0.2, 0.25) is 0 Å². The Bertz CT molecular complexity index is 578. The van der Waals surface area contributed by atoms with E-state index in [1.807, 2.05) is 23.1 Å². The lowest BCUT2D eigenvalue weighted by molar-refractivity contribution is -0.123. The van der Waals surface area contributed by atoms with Crippen molar-refractivity contribution in [2.45, 2.75) is 18.9 Å². The van der Waals surface area contributed by atoms with E-state index in [0.717, 1.165) is 27.4 Å². The van der Waals surface area contributed by atoms with Crippen molar-refractivity contribution in [3.05, 3.63) is 31.8 Å². The third kappa shape index (κ3) is 2.47. The Morgan fingerprint density at radius 3 is 3.05 bits per heavy atom. The molecule has 0 aromatic heterocycles. The van der Waals surface area contributed by atoms with Gasteiger partial charge in [-0.15, -0.1) is 0 Å². The van der Waals surface area contributed by atoms with Gasteiger partial charge in [-0.2, -0.15) is 0 Å². The van der Waals surface area contributed by atoms with Crippen LogP contribution in [0.1, 0.15) is 23.2 Å². The summed E-state index contributed by atoms with van der Waals surface area (Å²) in [5.74, 6) is 0.0934. The molecule has 0 saturated carbocycles. The zero-order chi connectivity index (χ0) is 14.3. The van der Waals surface area contributed by atoms with Crippen LogP contribution in [0.3, 0.4) is 0 Å². The average molecular weight is 449 g/mol. The molecule has 0 spiro atoms. The molecule has 2 amide bonds. The van der Waals surface area contributed by atoms with E-state index in [0.29, 0.717) is 12.1 Å². The second-order valence-corrected chi connectivity index (χ2v) is 7.26. The maximum absolute atomic E-state index is 12.8. The molecule has 20 heavy (non-hydrogen) atoms. The number of hydrogen-bond donors (Lipinski definition) is 1. The topological polar surface area (TPSA) is 49.4 Å². The quantitative estimate of drug-likeness (QED) is 0.670. The third-order valence-electron chi connectivity index (χ3n) is 4.02. The van der Waals surface area contributed by atoms with Crippen LogP contribution in [0.15, 0.2) is 22.7 Å². The molecule has 4 nitrogen and oxygen atoms in total. The molecule has 2 aliphatic heterocycles. The molecular formula is C14H14BrIN2O2. The molecule has 0 aliphatic carbocycles. The van der Waals surface area contributed by atoms with Gasteiger partial charge in [-0.1, -0.05) is 15.9 Å². The molecule has 2 unspecified atom stereocenters. The molecule has 6 heteroatoms. The normalized spacial score (nSPS) is 25.3. The van der Waals surface area contributed by atoms with Crippen LogP contribution in [0, 0.1) is 9.49 Å². The summed E-state index contributed by atoms with van der Waals surface area (Å²) in [6.45, 7) is 1.32. The number of halogens is 2. The van der Waals surface area contributed by atoms with Crippen LogP contribution in [0.4, 0.5) is 0 Å². The molecule has 3 rings (SSSR count).